The molecule has 0 saturated heterocycles. The van der Waals surface area contributed by atoms with Crippen LogP contribution in [0.5, 0.6) is 11.5 Å². The van der Waals surface area contributed by atoms with Gasteiger partial charge in [-0.2, -0.15) is 8.42 Å². The minimum Gasteiger partial charge on any atom is -0.505 e. The van der Waals surface area contributed by atoms with E-state index in [0.29, 0.717) is 34.4 Å². The fraction of sp³-hybridized carbons (Fsp3) is 0.115. The number of nitrogens with zero attached hydrogens (tertiary/aromatic N) is 2. The summed E-state index contributed by atoms with van der Waals surface area (Å²) >= 11 is 6.13. The summed E-state index contributed by atoms with van der Waals surface area (Å²) in [6.45, 7) is 3.79. The Balaban J connectivity index is 1.83. The average Bonchev–Trinajstić information content (AvgIpc) is 2.85. The Kier molecular flexibility index (Phi) is 7.44. The highest BCUT2D eigenvalue weighted by atomic mass is 35.5. The molecular formula is C26H22ClN3O6S. The molecule has 0 aliphatic heterocycles. The van der Waals surface area contributed by atoms with Gasteiger partial charge in [-0.25, -0.2) is 0 Å². The molecule has 0 heterocycles. The van der Waals surface area contributed by atoms with Crippen LogP contribution in [0.3, 0.4) is 0 Å². The predicted molar refractivity (Wildman–Crippen MR) is 141 cm³/mol. The number of halogens is 1. The summed E-state index contributed by atoms with van der Waals surface area (Å²) in [6, 6.07) is 17.7. The molecule has 0 radical (unpaired) electrons. The van der Waals surface area contributed by atoms with Crippen molar-refractivity contribution in [1.29, 1.82) is 0 Å². The SMILES string of the molecule is CCOc1ccccc1NC(=O)c1cc2ccccc2c(N=Nc2cc(Cl)c(C)cc2S(=O)(=O)O)c1O. The first-order valence-electron chi connectivity index (χ1n) is 11.1. The molecule has 0 aliphatic carbocycles. The van der Waals surface area contributed by atoms with Gasteiger partial charge in [0.05, 0.1) is 17.9 Å². The summed E-state index contributed by atoms with van der Waals surface area (Å²) < 4.78 is 39.0. The van der Waals surface area contributed by atoms with Crippen LogP contribution >= 0.6 is 11.6 Å². The fourth-order valence-corrected chi connectivity index (χ4v) is 4.51. The zero-order valence-electron chi connectivity index (χ0n) is 19.8. The highest BCUT2D eigenvalue weighted by molar-refractivity contribution is 7.86. The van der Waals surface area contributed by atoms with Gasteiger partial charge in [0.1, 0.15) is 22.0 Å². The van der Waals surface area contributed by atoms with Crippen molar-refractivity contribution in [2.45, 2.75) is 18.7 Å². The Bertz CT molecular complexity index is 1650. The molecule has 190 valence electrons. The molecule has 0 aliphatic rings. The van der Waals surface area contributed by atoms with Gasteiger partial charge in [0, 0.05) is 10.4 Å². The fourth-order valence-electron chi connectivity index (χ4n) is 3.67. The lowest BCUT2D eigenvalue weighted by molar-refractivity contribution is 0.102. The predicted octanol–water partition coefficient (Wildman–Crippen LogP) is 6.82. The molecule has 37 heavy (non-hydrogen) atoms. The Hall–Kier alpha value is -3.99. The third kappa shape index (κ3) is 5.56. The van der Waals surface area contributed by atoms with Gasteiger partial charge in [-0.3, -0.25) is 9.35 Å². The van der Waals surface area contributed by atoms with Crippen molar-refractivity contribution in [1.82, 2.24) is 0 Å². The third-order valence-corrected chi connectivity index (χ3v) is 6.74. The Morgan fingerprint density at radius 1 is 1.05 bits per heavy atom. The van der Waals surface area contributed by atoms with Crippen LogP contribution in [0.1, 0.15) is 22.8 Å². The number of azo groups is 1. The van der Waals surface area contributed by atoms with Crippen molar-refractivity contribution in [3.05, 3.63) is 82.9 Å². The lowest BCUT2D eigenvalue weighted by Gasteiger charge is -2.13. The van der Waals surface area contributed by atoms with Gasteiger partial charge in [-0.05, 0) is 55.1 Å². The quantitative estimate of drug-likeness (QED) is 0.174. The van der Waals surface area contributed by atoms with Gasteiger partial charge in [0.2, 0.25) is 0 Å². The number of aromatic hydroxyl groups is 1. The Labute approximate surface area is 218 Å². The minimum absolute atomic E-state index is 0.0701. The van der Waals surface area contributed by atoms with E-state index in [1.54, 1.807) is 55.5 Å². The highest BCUT2D eigenvalue weighted by Gasteiger charge is 2.21. The lowest BCUT2D eigenvalue weighted by atomic mass is 10.0. The zero-order chi connectivity index (χ0) is 26.7. The van der Waals surface area contributed by atoms with Crippen molar-refractivity contribution in [2.75, 3.05) is 11.9 Å². The number of ether oxygens (including phenoxy) is 1. The van der Waals surface area contributed by atoms with E-state index in [-0.39, 0.29) is 22.0 Å². The van der Waals surface area contributed by atoms with E-state index in [4.69, 9.17) is 16.3 Å². The number of para-hydroxylation sites is 2. The number of phenols is 1. The molecule has 0 unspecified atom stereocenters. The minimum atomic E-state index is -4.65. The van der Waals surface area contributed by atoms with Crippen LogP contribution in [-0.4, -0.2) is 30.6 Å². The molecule has 1 amide bonds. The van der Waals surface area contributed by atoms with E-state index in [0.717, 1.165) is 0 Å². The molecule has 9 nitrogen and oxygen atoms in total. The number of hydrogen-bond donors (Lipinski definition) is 3. The van der Waals surface area contributed by atoms with E-state index in [9.17, 15) is 22.9 Å². The first-order valence-corrected chi connectivity index (χ1v) is 12.9. The van der Waals surface area contributed by atoms with Gasteiger partial charge in [0.15, 0.2) is 5.75 Å². The third-order valence-electron chi connectivity index (χ3n) is 5.45. The molecule has 4 aromatic carbocycles. The van der Waals surface area contributed by atoms with Crippen LogP contribution in [0.15, 0.2) is 81.9 Å². The smallest absolute Gasteiger partial charge is 0.296 e. The van der Waals surface area contributed by atoms with Crippen molar-refractivity contribution >= 4 is 55.5 Å². The molecule has 0 fully saturated rings. The number of aryl methyl sites for hydroxylation is 1. The maximum atomic E-state index is 13.2. The molecule has 0 atom stereocenters. The Morgan fingerprint density at radius 2 is 1.76 bits per heavy atom. The molecule has 11 heteroatoms. The maximum Gasteiger partial charge on any atom is 0.296 e. The van der Waals surface area contributed by atoms with Crippen LogP contribution in [-0.2, 0) is 10.1 Å². The molecule has 0 saturated carbocycles. The van der Waals surface area contributed by atoms with Crippen molar-refractivity contribution in [3.8, 4) is 11.5 Å². The highest BCUT2D eigenvalue weighted by Crippen LogP contribution is 2.41. The second kappa shape index (κ2) is 10.6. The number of carbonyl (C=O) groups is 1. The van der Waals surface area contributed by atoms with Crippen LogP contribution in [0, 0.1) is 6.92 Å². The van der Waals surface area contributed by atoms with E-state index in [1.165, 1.54) is 18.2 Å². The lowest BCUT2D eigenvalue weighted by Crippen LogP contribution is -2.13. The number of hydrogen-bond acceptors (Lipinski definition) is 7. The standard InChI is InChI=1S/C26H22ClN3O6S/c1-3-36-22-11-7-6-10-20(22)28-26(32)18-13-16-8-4-5-9-17(16)24(25(18)31)30-29-21-14-19(27)15(2)12-23(21)37(33,34)35/h4-14,31H,3H2,1-2H3,(H,28,32)(H,33,34,35). The van der Waals surface area contributed by atoms with Crippen LogP contribution < -0.4 is 10.1 Å². The maximum absolute atomic E-state index is 13.2. The number of fused-ring (bicyclic) bond motifs is 1. The molecule has 4 rings (SSSR count). The zero-order valence-corrected chi connectivity index (χ0v) is 21.3. The molecule has 0 bridgehead atoms. The molecule has 0 spiro atoms. The van der Waals surface area contributed by atoms with Gasteiger partial charge >= 0.3 is 0 Å². The largest absolute Gasteiger partial charge is 0.505 e. The summed E-state index contributed by atoms with van der Waals surface area (Å²) in [5.41, 5.74) is 0.432. The van der Waals surface area contributed by atoms with Gasteiger partial charge in [-0.1, -0.05) is 48.0 Å². The molecule has 4 aromatic rings. The molecular weight excluding hydrogens is 518 g/mol. The second-order valence-electron chi connectivity index (χ2n) is 7.97. The molecule has 3 N–H and O–H groups in total. The van der Waals surface area contributed by atoms with Gasteiger partial charge < -0.3 is 15.2 Å². The summed E-state index contributed by atoms with van der Waals surface area (Å²) in [5.74, 6) is -0.628. The van der Waals surface area contributed by atoms with E-state index in [2.05, 4.69) is 15.5 Å². The summed E-state index contributed by atoms with van der Waals surface area (Å²) in [5, 5.41) is 23.1. The molecule has 0 aromatic heterocycles. The Morgan fingerprint density at radius 3 is 2.49 bits per heavy atom. The van der Waals surface area contributed by atoms with Gasteiger partial charge in [0.25, 0.3) is 16.0 Å². The van der Waals surface area contributed by atoms with Crippen LogP contribution in [0.4, 0.5) is 17.1 Å². The number of anilines is 1. The summed E-state index contributed by atoms with van der Waals surface area (Å²) in [4.78, 5) is 12.7. The average molecular weight is 540 g/mol. The topological polar surface area (TPSA) is 138 Å². The number of phenolic OH excluding ortho intramolecular Hbond substituents is 1. The first kappa shape index (κ1) is 26.1. The van der Waals surface area contributed by atoms with Crippen LogP contribution in [0.25, 0.3) is 10.8 Å². The number of carbonyl (C=O) groups excluding carboxylic acids is 1. The summed E-state index contributed by atoms with van der Waals surface area (Å²) in [6.07, 6.45) is 0. The second-order valence-corrected chi connectivity index (χ2v) is 9.77. The van der Waals surface area contributed by atoms with Crippen LogP contribution in [0.2, 0.25) is 5.02 Å². The number of amides is 1. The van der Waals surface area contributed by atoms with E-state index in [1.807, 2.05) is 6.92 Å². The van der Waals surface area contributed by atoms with Crippen molar-refractivity contribution in [2.24, 2.45) is 10.2 Å². The van der Waals surface area contributed by atoms with Crippen molar-refractivity contribution in [3.63, 3.8) is 0 Å². The monoisotopic (exact) mass is 539 g/mol. The van der Waals surface area contributed by atoms with E-state index >= 15 is 0 Å². The van der Waals surface area contributed by atoms with Crippen molar-refractivity contribution < 1.29 is 27.6 Å². The number of nitrogens with one attached hydrogen (secondary N) is 1. The first-order chi connectivity index (χ1) is 17.6. The van der Waals surface area contributed by atoms with Gasteiger partial charge in [-0.15, -0.1) is 10.2 Å². The van der Waals surface area contributed by atoms with E-state index < -0.39 is 26.7 Å². The normalized spacial score (nSPS) is 11.7. The number of rotatable bonds is 7. The number of benzene rings is 4. The summed E-state index contributed by atoms with van der Waals surface area (Å²) in [7, 11) is -4.65.